The first-order chi connectivity index (χ1) is 13.5. The molecule has 3 aromatic carbocycles. The smallest absolute Gasteiger partial charge is 0.269 e. The van der Waals surface area contributed by atoms with Crippen LogP contribution in [0.1, 0.15) is 33.2 Å². The Hall–Kier alpha value is -3.51. The van der Waals surface area contributed by atoms with Crippen molar-refractivity contribution in [3.05, 3.63) is 111 Å². The number of aliphatic hydroxyl groups excluding tert-OH is 1. The van der Waals surface area contributed by atoms with Crippen molar-refractivity contribution in [2.45, 2.75) is 12.5 Å². The van der Waals surface area contributed by atoms with Crippen LogP contribution in [0.2, 0.25) is 0 Å². The van der Waals surface area contributed by atoms with Crippen molar-refractivity contribution in [1.29, 1.82) is 0 Å². The fourth-order valence-corrected chi connectivity index (χ4v) is 2.93. The van der Waals surface area contributed by atoms with Gasteiger partial charge >= 0.3 is 0 Å². The molecule has 0 aromatic heterocycles. The Kier molecular flexibility index (Phi) is 6.14. The van der Waals surface area contributed by atoms with Crippen molar-refractivity contribution >= 4 is 11.6 Å². The molecule has 6 heteroatoms. The third-order valence-electron chi connectivity index (χ3n) is 4.44. The molecular formula is C22H20N2O4. The molecule has 0 heterocycles. The van der Waals surface area contributed by atoms with E-state index in [2.05, 4.69) is 5.32 Å². The maximum atomic E-state index is 12.6. The van der Waals surface area contributed by atoms with Crippen LogP contribution in [0.25, 0.3) is 0 Å². The van der Waals surface area contributed by atoms with E-state index in [1.165, 1.54) is 24.3 Å². The number of non-ortho nitro benzene ring substituents is 1. The van der Waals surface area contributed by atoms with E-state index in [9.17, 15) is 20.0 Å². The number of hydrogen-bond donors (Lipinski definition) is 2. The van der Waals surface area contributed by atoms with Gasteiger partial charge in [0, 0.05) is 24.2 Å². The molecule has 0 spiro atoms. The molecule has 0 fully saturated rings. The van der Waals surface area contributed by atoms with Crippen molar-refractivity contribution in [1.82, 2.24) is 5.32 Å². The molecule has 1 atom stereocenters. The van der Waals surface area contributed by atoms with Crippen LogP contribution in [0.3, 0.4) is 0 Å². The predicted molar refractivity (Wildman–Crippen MR) is 106 cm³/mol. The second kappa shape index (κ2) is 8.92. The van der Waals surface area contributed by atoms with E-state index in [0.717, 1.165) is 11.1 Å². The molecule has 1 amide bonds. The lowest BCUT2D eigenvalue weighted by Gasteiger charge is -2.14. The maximum absolute atomic E-state index is 12.6. The fourth-order valence-electron chi connectivity index (χ4n) is 2.93. The SMILES string of the molecule is O=C(NC[C@H](O)c1ccc([N+](=O)[O-])cc1)c1ccccc1Cc1ccccc1. The lowest BCUT2D eigenvalue weighted by atomic mass is 9.99. The van der Waals surface area contributed by atoms with Crippen LogP contribution in [0.4, 0.5) is 5.69 Å². The first-order valence-electron chi connectivity index (χ1n) is 8.87. The number of amides is 1. The zero-order valence-corrected chi connectivity index (χ0v) is 15.1. The molecule has 0 aliphatic carbocycles. The number of aliphatic hydroxyl groups is 1. The van der Waals surface area contributed by atoms with Gasteiger partial charge in [0.25, 0.3) is 11.6 Å². The normalized spacial score (nSPS) is 11.6. The van der Waals surface area contributed by atoms with Crippen LogP contribution in [0, 0.1) is 10.1 Å². The quantitative estimate of drug-likeness (QED) is 0.486. The average Bonchev–Trinajstić information content (AvgIpc) is 2.73. The van der Waals surface area contributed by atoms with Gasteiger partial charge in [-0.25, -0.2) is 0 Å². The summed E-state index contributed by atoms with van der Waals surface area (Å²) < 4.78 is 0. The summed E-state index contributed by atoms with van der Waals surface area (Å²) in [6.45, 7) is 0.0102. The minimum Gasteiger partial charge on any atom is -0.387 e. The van der Waals surface area contributed by atoms with Crippen LogP contribution in [-0.4, -0.2) is 22.5 Å². The number of nitrogens with one attached hydrogen (secondary N) is 1. The van der Waals surface area contributed by atoms with Crippen molar-refractivity contribution in [2.75, 3.05) is 6.54 Å². The highest BCUT2D eigenvalue weighted by Crippen LogP contribution is 2.18. The number of rotatable bonds is 7. The number of nitro groups is 1. The second-order valence-electron chi connectivity index (χ2n) is 6.39. The summed E-state index contributed by atoms with van der Waals surface area (Å²) in [6.07, 6.45) is -0.318. The van der Waals surface area contributed by atoms with Gasteiger partial charge in [0.1, 0.15) is 0 Å². The summed E-state index contributed by atoms with van der Waals surface area (Å²) in [7, 11) is 0. The van der Waals surface area contributed by atoms with Crippen molar-refractivity contribution in [3.63, 3.8) is 0 Å². The molecule has 142 valence electrons. The Morgan fingerprint density at radius 2 is 1.61 bits per heavy atom. The van der Waals surface area contributed by atoms with Crippen molar-refractivity contribution in [2.24, 2.45) is 0 Å². The number of nitro benzene ring substituents is 1. The van der Waals surface area contributed by atoms with E-state index in [1.807, 2.05) is 42.5 Å². The number of carbonyl (C=O) groups excluding carboxylic acids is 1. The Balaban J connectivity index is 1.65. The molecule has 0 aliphatic rings. The minimum absolute atomic E-state index is 0.0102. The molecule has 0 saturated heterocycles. The third-order valence-corrected chi connectivity index (χ3v) is 4.44. The largest absolute Gasteiger partial charge is 0.387 e. The van der Waals surface area contributed by atoms with Gasteiger partial charge in [-0.3, -0.25) is 14.9 Å². The van der Waals surface area contributed by atoms with Crippen LogP contribution < -0.4 is 5.32 Å². The van der Waals surface area contributed by atoms with E-state index in [-0.39, 0.29) is 18.1 Å². The topological polar surface area (TPSA) is 92.5 Å². The lowest BCUT2D eigenvalue weighted by Crippen LogP contribution is -2.29. The molecule has 28 heavy (non-hydrogen) atoms. The van der Waals surface area contributed by atoms with Gasteiger partial charge in [0.2, 0.25) is 0 Å². The van der Waals surface area contributed by atoms with Gasteiger partial charge in [0.05, 0.1) is 11.0 Å². The standard InChI is InChI=1S/C22H20N2O4/c25-21(17-10-12-19(13-11-17)24(27)28)15-23-22(26)20-9-5-4-8-18(20)14-16-6-2-1-3-7-16/h1-13,21,25H,14-15H2,(H,23,26)/t21-/m0/s1. The molecule has 3 rings (SSSR count). The molecule has 2 N–H and O–H groups in total. The summed E-state index contributed by atoms with van der Waals surface area (Å²) in [4.78, 5) is 22.8. The Bertz CT molecular complexity index is 956. The van der Waals surface area contributed by atoms with Gasteiger partial charge in [-0.15, -0.1) is 0 Å². The highest BCUT2D eigenvalue weighted by molar-refractivity contribution is 5.95. The molecule has 0 bridgehead atoms. The number of benzene rings is 3. The number of nitrogens with zero attached hydrogens (tertiary/aromatic N) is 1. The van der Waals surface area contributed by atoms with Gasteiger partial charge in [-0.2, -0.15) is 0 Å². The highest BCUT2D eigenvalue weighted by Gasteiger charge is 2.15. The van der Waals surface area contributed by atoms with E-state index >= 15 is 0 Å². The summed E-state index contributed by atoms with van der Waals surface area (Å²) >= 11 is 0. The van der Waals surface area contributed by atoms with Crippen molar-refractivity contribution < 1.29 is 14.8 Å². The van der Waals surface area contributed by atoms with E-state index < -0.39 is 11.0 Å². The van der Waals surface area contributed by atoms with E-state index in [0.29, 0.717) is 17.5 Å². The summed E-state index contributed by atoms with van der Waals surface area (Å²) in [5.41, 5.74) is 3.02. The summed E-state index contributed by atoms with van der Waals surface area (Å²) in [5.74, 6) is -0.271. The monoisotopic (exact) mass is 376 g/mol. The van der Waals surface area contributed by atoms with Gasteiger partial charge in [0.15, 0.2) is 0 Å². The Labute approximate surface area is 162 Å². The zero-order valence-electron chi connectivity index (χ0n) is 15.1. The molecule has 3 aromatic rings. The van der Waals surface area contributed by atoms with Crippen molar-refractivity contribution in [3.8, 4) is 0 Å². The molecule has 0 aliphatic heterocycles. The fraction of sp³-hybridized carbons (Fsp3) is 0.136. The average molecular weight is 376 g/mol. The first kappa shape index (κ1) is 19.3. The number of hydrogen-bond acceptors (Lipinski definition) is 4. The second-order valence-corrected chi connectivity index (χ2v) is 6.39. The van der Waals surface area contributed by atoms with E-state index in [4.69, 9.17) is 0 Å². The van der Waals surface area contributed by atoms with Crippen LogP contribution >= 0.6 is 0 Å². The van der Waals surface area contributed by atoms with Crippen LogP contribution in [0.5, 0.6) is 0 Å². The summed E-state index contributed by atoms with van der Waals surface area (Å²) in [6, 6.07) is 22.9. The first-order valence-corrected chi connectivity index (χ1v) is 8.87. The molecule has 0 radical (unpaired) electrons. The molecule has 6 nitrogen and oxygen atoms in total. The van der Waals surface area contributed by atoms with Gasteiger partial charge in [-0.1, -0.05) is 48.5 Å². The number of carbonyl (C=O) groups is 1. The molecule has 0 saturated carbocycles. The molecular weight excluding hydrogens is 356 g/mol. The lowest BCUT2D eigenvalue weighted by molar-refractivity contribution is -0.384. The minimum atomic E-state index is -0.953. The zero-order chi connectivity index (χ0) is 19.9. The Morgan fingerprint density at radius 1 is 0.964 bits per heavy atom. The van der Waals surface area contributed by atoms with E-state index in [1.54, 1.807) is 12.1 Å². The van der Waals surface area contributed by atoms with Crippen LogP contribution in [0.15, 0.2) is 78.9 Å². The van der Waals surface area contributed by atoms with Gasteiger partial charge in [-0.05, 0) is 41.3 Å². The third kappa shape index (κ3) is 4.81. The summed E-state index contributed by atoms with van der Waals surface area (Å²) in [5, 5.41) is 23.7. The maximum Gasteiger partial charge on any atom is 0.269 e. The van der Waals surface area contributed by atoms with Gasteiger partial charge < -0.3 is 10.4 Å². The van der Waals surface area contributed by atoms with Crippen LogP contribution in [-0.2, 0) is 6.42 Å². The highest BCUT2D eigenvalue weighted by atomic mass is 16.6. The molecule has 0 unspecified atom stereocenters. The Morgan fingerprint density at radius 3 is 2.29 bits per heavy atom. The predicted octanol–water partition coefficient (Wildman–Crippen LogP) is 3.65.